The predicted octanol–water partition coefficient (Wildman–Crippen LogP) is 4.03. The van der Waals surface area contributed by atoms with E-state index in [1.807, 2.05) is 36.2 Å². The molecular formula is C15H16N4S2. The van der Waals surface area contributed by atoms with Crippen molar-refractivity contribution in [2.24, 2.45) is 0 Å². The van der Waals surface area contributed by atoms with Gasteiger partial charge in [-0.25, -0.2) is 0 Å². The number of nitrogens with zero attached hydrogens (tertiary/aromatic N) is 3. The molecule has 2 heterocycles. The number of hydrogen-bond acceptors (Lipinski definition) is 4. The van der Waals surface area contributed by atoms with Crippen molar-refractivity contribution >= 4 is 29.2 Å². The van der Waals surface area contributed by atoms with Gasteiger partial charge in [0.1, 0.15) is 0 Å². The second-order valence-electron chi connectivity index (χ2n) is 5.03. The van der Waals surface area contributed by atoms with Gasteiger partial charge >= 0.3 is 0 Å². The lowest BCUT2D eigenvalue weighted by Gasteiger charge is -2.17. The molecular weight excluding hydrogens is 300 g/mol. The number of aryl methyl sites for hydroxylation is 1. The number of anilines is 1. The molecule has 1 aromatic carbocycles. The van der Waals surface area contributed by atoms with E-state index in [4.69, 9.17) is 12.2 Å². The number of H-pyrrole nitrogens is 1. The van der Waals surface area contributed by atoms with Gasteiger partial charge in [0.05, 0.1) is 10.6 Å². The summed E-state index contributed by atoms with van der Waals surface area (Å²) in [4.78, 5) is 3.20. The van der Waals surface area contributed by atoms with Crippen molar-refractivity contribution in [1.82, 2.24) is 14.8 Å². The zero-order valence-electron chi connectivity index (χ0n) is 12.1. The summed E-state index contributed by atoms with van der Waals surface area (Å²) >= 11 is 7.06. The number of hydrogen-bond donors (Lipinski definition) is 1. The van der Waals surface area contributed by atoms with Gasteiger partial charge in [-0.3, -0.25) is 9.67 Å². The van der Waals surface area contributed by atoms with Gasteiger partial charge in [0, 0.05) is 19.8 Å². The number of nitrogens with one attached hydrogen (secondary N) is 1. The molecule has 21 heavy (non-hydrogen) atoms. The van der Waals surface area contributed by atoms with Crippen LogP contribution in [0.25, 0.3) is 16.4 Å². The Kier molecular flexibility index (Phi) is 3.65. The fourth-order valence-corrected chi connectivity index (χ4v) is 3.27. The highest BCUT2D eigenvalue weighted by Gasteiger charge is 2.13. The van der Waals surface area contributed by atoms with Crippen LogP contribution in [-0.4, -0.2) is 28.9 Å². The fraction of sp³-hybridized carbons (Fsp3) is 0.200. The van der Waals surface area contributed by atoms with Crippen LogP contribution in [0.15, 0.2) is 35.7 Å². The van der Waals surface area contributed by atoms with E-state index in [2.05, 4.69) is 40.2 Å². The summed E-state index contributed by atoms with van der Waals surface area (Å²) < 4.78 is 2.58. The van der Waals surface area contributed by atoms with E-state index in [0.29, 0.717) is 4.77 Å². The highest BCUT2D eigenvalue weighted by atomic mass is 32.1. The van der Waals surface area contributed by atoms with Crippen molar-refractivity contribution in [2.75, 3.05) is 19.0 Å². The first-order chi connectivity index (χ1) is 10.1. The molecule has 0 aliphatic rings. The van der Waals surface area contributed by atoms with Crippen molar-refractivity contribution < 1.29 is 0 Å². The predicted molar refractivity (Wildman–Crippen MR) is 91.1 cm³/mol. The Hall–Kier alpha value is -1.92. The van der Waals surface area contributed by atoms with Gasteiger partial charge in [0.15, 0.2) is 10.6 Å². The molecule has 0 radical (unpaired) electrons. The van der Waals surface area contributed by atoms with Gasteiger partial charge in [-0.1, -0.05) is 12.1 Å². The Balaban J connectivity index is 2.20. The molecule has 1 N–H and O–H groups in total. The average molecular weight is 316 g/mol. The zero-order valence-corrected chi connectivity index (χ0v) is 13.8. The van der Waals surface area contributed by atoms with Gasteiger partial charge in [0.2, 0.25) is 0 Å². The molecule has 3 aromatic rings. The Labute approximate surface area is 132 Å². The molecule has 6 heteroatoms. The first kappa shape index (κ1) is 14.0. The minimum Gasteiger partial charge on any atom is -0.377 e. The molecule has 0 amide bonds. The van der Waals surface area contributed by atoms with Gasteiger partial charge in [-0.05, 0) is 48.3 Å². The first-order valence-corrected chi connectivity index (χ1v) is 7.86. The monoisotopic (exact) mass is 316 g/mol. The van der Waals surface area contributed by atoms with Crippen molar-refractivity contribution in [2.45, 2.75) is 6.92 Å². The van der Waals surface area contributed by atoms with E-state index in [-0.39, 0.29) is 0 Å². The van der Waals surface area contributed by atoms with E-state index >= 15 is 0 Å². The molecule has 108 valence electrons. The van der Waals surface area contributed by atoms with Crippen LogP contribution in [0.5, 0.6) is 0 Å². The van der Waals surface area contributed by atoms with Crippen LogP contribution in [0.1, 0.15) is 5.56 Å². The maximum atomic E-state index is 5.41. The minimum absolute atomic E-state index is 0.604. The van der Waals surface area contributed by atoms with Crippen LogP contribution < -0.4 is 4.90 Å². The molecule has 0 saturated heterocycles. The number of benzene rings is 1. The van der Waals surface area contributed by atoms with Crippen molar-refractivity contribution in [3.05, 3.63) is 46.0 Å². The highest BCUT2D eigenvalue weighted by Crippen LogP contribution is 2.28. The number of aromatic nitrogens is 3. The van der Waals surface area contributed by atoms with E-state index in [9.17, 15) is 0 Å². The second kappa shape index (κ2) is 5.46. The molecule has 0 atom stereocenters. The van der Waals surface area contributed by atoms with Crippen LogP contribution in [0.2, 0.25) is 0 Å². The maximum Gasteiger partial charge on any atom is 0.200 e. The number of aromatic amines is 1. The van der Waals surface area contributed by atoms with E-state index in [1.54, 1.807) is 11.3 Å². The third-order valence-electron chi connectivity index (χ3n) is 3.35. The smallest absolute Gasteiger partial charge is 0.200 e. The van der Waals surface area contributed by atoms with Crippen molar-refractivity contribution in [1.29, 1.82) is 0 Å². The molecule has 0 aliphatic heterocycles. The zero-order chi connectivity index (χ0) is 15.0. The Morgan fingerprint density at radius 2 is 2.10 bits per heavy atom. The molecule has 4 nitrogen and oxygen atoms in total. The van der Waals surface area contributed by atoms with Gasteiger partial charge < -0.3 is 4.90 Å². The molecule has 0 aliphatic carbocycles. The second-order valence-corrected chi connectivity index (χ2v) is 6.36. The topological polar surface area (TPSA) is 36.9 Å². The van der Waals surface area contributed by atoms with Crippen molar-refractivity contribution in [3.8, 4) is 16.4 Å². The van der Waals surface area contributed by atoms with Crippen LogP contribution >= 0.6 is 23.6 Å². The average Bonchev–Trinajstić information content (AvgIpc) is 3.08. The Morgan fingerprint density at radius 3 is 2.76 bits per heavy atom. The molecule has 0 saturated carbocycles. The summed E-state index contributed by atoms with van der Waals surface area (Å²) in [5, 5.41) is 9.31. The standard InChI is InChI=1S/C15H16N4S2/c1-10-6-7-11(9-12(10)18(2)3)19-14(16-17-15(19)20)13-5-4-8-21-13/h4-9H,1-3H3,(H,17,20). The molecule has 0 bridgehead atoms. The van der Waals surface area contributed by atoms with Gasteiger partial charge in [0.25, 0.3) is 0 Å². The summed E-state index contributed by atoms with van der Waals surface area (Å²) in [6, 6.07) is 10.4. The van der Waals surface area contributed by atoms with Crippen molar-refractivity contribution in [3.63, 3.8) is 0 Å². The lowest BCUT2D eigenvalue weighted by molar-refractivity contribution is 1.03. The Morgan fingerprint density at radius 1 is 1.29 bits per heavy atom. The van der Waals surface area contributed by atoms with Crippen LogP contribution in [0, 0.1) is 11.7 Å². The van der Waals surface area contributed by atoms with Crippen LogP contribution in [0.4, 0.5) is 5.69 Å². The maximum absolute atomic E-state index is 5.41. The van der Waals surface area contributed by atoms with E-state index < -0.39 is 0 Å². The van der Waals surface area contributed by atoms with E-state index in [0.717, 1.165) is 16.4 Å². The van der Waals surface area contributed by atoms with Crippen LogP contribution in [-0.2, 0) is 0 Å². The number of rotatable bonds is 3. The lowest BCUT2D eigenvalue weighted by atomic mass is 10.1. The fourth-order valence-electron chi connectivity index (χ4n) is 2.33. The third kappa shape index (κ3) is 2.52. The summed E-state index contributed by atoms with van der Waals surface area (Å²) in [6.07, 6.45) is 0. The summed E-state index contributed by atoms with van der Waals surface area (Å²) in [6.45, 7) is 2.11. The number of thiophene rings is 1. The highest BCUT2D eigenvalue weighted by molar-refractivity contribution is 7.71. The molecule has 2 aromatic heterocycles. The minimum atomic E-state index is 0.604. The summed E-state index contributed by atoms with van der Waals surface area (Å²) in [5.41, 5.74) is 3.43. The molecule has 3 rings (SSSR count). The van der Waals surface area contributed by atoms with Gasteiger partial charge in [-0.15, -0.1) is 11.3 Å². The van der Waals surface area contributed by atoms with Gasteiger partial charge in [-0.2, -0.15) is 5.10 Å². The lowest BCUT2D eigenvalue weighted by Crippen LogP contribution is -2.11. The Bertz CT molecular complexity index is 813. The van der Waals surface area contributed by atoms with Crippen LogP contribution in [0.3, 0.4) is 0 Å². The first-order valence-electron chi connectivity index (χ1n) is 6.57. The molecule has 0 unspecified atom stereocenters. The normalized spacial score (nSPS) is 10.8. The largest absolute Gasteiger partial charge is 0.377 e. The van der Waals surface area contributed by atoms with E-state index in [1.165, 1.54) is 11.3 Å². The summed E-state index contributed by atoms with van der Waals surface area (Å²) in [7, 11) is 4.09. The quantitative estimate of drug-likeness (QED) is 0.741. The molecule has 0 spiro atoms. The SMILES string of the molecule is Cc1ccc(-n2c(-c3cccs3)n[nH]c2=S)cc1N(C)C. The molecule has 0 fully saturated rings. The third-order valence-corrected chi connectivity index (χ3v) is 4.49. The summed E-state index contributed by atoms with van der Waals surface area (Å²) in [5.74, 6) is 0.851.